The van der Waals surface area contributed by atoms with E-state index in [9.17, 15) is 28.9 Å². The molecule has 6 rings (SSSR count). The van der Waals surface area contributed by atoms with Crippen molar-refractivity contribution in [3.63, 3.8) is 0 Å². The van der Waals surface area contributed by atoms with Gasteiger partial charge in [0.15, 0.2) is 0 Å². The summed E-state index contributed by atoms with van der Waals surface area (Å²) >= 11 is 0. The van der Waals surface area contributed by atoms with Gasteiger partial charge in [-0.2, -0.15) is 10.5 Å². The molecule has 0 radical (unpaired) electrons. The van der Waals surface area contributed by atoms with E-state index >= 15 is 0 Å². The van der Waals surface area contributed by atoms with Crippen molar-refractivity contribution in [2.45, 2.75) is 105 Å². The summed E-state index contributed by atoms with van der Waals surface area (Å²) in [6.45, 7) is 24.5. The van der Waals surface area contributed by atoms with Crippen LogP contribution in [-0.4, -0.2) is 121 Å². The minimum atomic E-state index is -0.515. The molecule has 4 aliphatic heterocycles. The standard InChI is InChI=1S/2C21H28FN3O3/c2*1-13-8-17(22)16(9-23)14(2)19(13)18-11-24-6-7-25(10-15(24)12-27-18)20(26)28-21(3,4)5/h2*8,15,18H,6-7,10-12H2,1-5H3/t15-,18+;15-,18-/m00/s1. The Morgan fingerprint density at radius 2 is 1.02 bits per heavy atom. The van der Waals surface area contributed by atoms with Crippen molar-refractivity contribution in [1.29, 1.82) is 10.5 Å². The summed E-state index contributed by atoms with van der Waals surface area (Å²) in [6.07, 6.45) is -1.01. The van der Waals surface area contributed by atoms with E-state index in [1.807, 2.05) is 67.5 Å². The first-order valence-electron chi connectivity index (χ1n) is 19.3. The van der Waals surface area contributed by atoms with Crippen LogP contribution >= 0.6 is 0 Å². The fourth-order valence-corrected chi connectivity index (χ4v) is 8.07. The number of aryl methyl sites for hydroxylation is 2. The summed E-state index contributed by atoms with van der Waals surface area (Å²) in [5.74, 6) is -0.971. The molecule has 0 spiro atoms. The lowest BCUT2D eigenvalue weighted by Gasteiger charge is -2.46. The van der Waals surface area contributed by atoms with E-state index in [2.05, 4.69) is 9.80 Å². The van der Waals surface area contributed by atoms with Gasteiger partial charge in [0.2, 0.25) is 0 Å². The lowest BCUT2D eigenvalue weighted by atomic mass is 9.92. The highest BCUT2D eigenvalue weighted by molar-refractivity contribution is 5.69. The van der Waals surface area contributed by atoms with Crippen LogP contribution in [0.15, 0.2) is 12.1 Å². The SMILES string of the molecule is Cc1cc(F)c(C#N)c(C)c1[C@@H]1CN2CCN(C(=O)OC(C)(C)C)C[C@H]2CO1.Cc1cc(F)c(C#N)c(C)c1[C@H]1CN2CCN(C(=O)OC(C)(C)C)C[C@H]2CO1. The van der Waals surface area contributed by atoms with Crippen LogP contribution in [0.25, 0.3) is 0 Å². The van der Waals surface area contributed by atoms with E-state index < -0.39 is 22.8 Å². The van der Waals surface area contributed by atoms with Crippen molar-refractivity contribution in [2.75, 3.05) is 65.6 Å². The predicted octanol–water partition coefficient (Wildman–Crippen LogP) is 6.61. The molecule has 4 saturated heterocycles. The third-order valence-electron chi connectivity index (χ3n) is 10.7. The molecule has 4 atom stereocenters. The summed E-state index contributed by atoms with van der Waals surface area (Å²) in [5.41, 5.74) is 3.82. The van der Waals surface area contributed by atoms with Gasteiger partial charge in [0.25, 0.3) is 0 Å². The zero-order valence-corrected chi connectivity index (χ0v) is 34.4. The van der Waals surface area contributed by atoms with Crippen LogP contribution in [0.4, 0.5) is 18.4 Å². The Labute approximate surface area is 329 Å². The second-order valence-corrected chi connectivity index (χ2v) is 17.2. The second-order valence-electron chi connectivity index (χ2n) is 17.2. The van der Waals surface area contributed by atoms with Crippen molar-refractivity contribution >= 4 is 12.2 Å². The molecule has 12 nitrogen and oxygen atoms in total. The molecule has 4 fully saturated rings. The maximum Gasteiger partial charge on any atom is 0.410 e. The maximum atomic E-state index is 14.0. The Bertz CT molecular complexity index is 1760. The Balaban J connectivity index is 0.000000214. The van der Waals surface area contributed by atoms with E-state index in [1.165, 1.54) is 12.1 Å². The van der Waals surface area contributed by atoms with Crippen LogP contribution in [0.5, 0.6) is 0 Å². The summed E-state index contributed by atoms with van der Waals surface area (Å²) < 4.78 is 51.3. The van der Waals surface area contributed by atoms with Gasteiger partial charge >= 0.3 is 12.2 Å². The van der Waals surface area contributed by atoms with Crippen molar-refractivity contribution < 1.29 is 37.3 Å². The number of piperazine rings is 2. The topological polar surface area (TPSA) is 132 Å². The van der Waals surface area contributed by atoms with Gasteiger partial charge in [-0.05, 0) is 115 Å². The molecule has 0 N–H and O–H groups in total. The highest BCUT2D eigenvalue weighted by atomic mass is 19.1. The van der Waals surface area contributed by atoms with E-state index in [4.69, 9.17) is 18.9 Å². The Kier molecular flexibility index (Phi) is 13.0. The van der Waals surface area contributed by atoms with Gasteiger partial charge in [0.1, 0.15) is 35.0 Å². The first-order chi connectivity index (χ1) is 26.2. The van der Waals surface area contributed by atoms with E-state index in [0.717, 1.165) is 35.3 Å². The van der Waals surface area contributed by atoms with Crippen LogP contribution in [0.1, 0.15) is 98.3 Å². The van der Waals surface area contributed by atoms with Gasteiger partial charge in [-0.15, -0.1) is 0 Å². The molecule has 2 aromatic carbocycles. The number of nitriles is 2. The Hall–Kier alpha value is -4.34. The van der Waals surface area contributed by atoms with Gasteiger partial charge in [0, 0.05) is 52.4 Å². The molecule has 304 valence electrons. The summed E-state index contributed by atoms with van der Waals surface area (Å²) in [7, 11) is 0. The van der Waals surface area contributed by atoms with Crippen molar-refractivity contribution in [3.8, 4) is 12.1 Å². The third kappa shape index (κ3) is 9.78. The molecule has 14 heteroatoms. The molecule has 4 heterocycles. The molecule has 0 saturated carbocycles. The number of morpholine rings is 2. The molecule has 2 aromatic rings. The molecule has 4 aliphatic rings. The van der Waals surface area contributed by atoms with Crippen LogP contribution in [0, 0.1) is 62.0 Å². The quantitative estimate of drug-likeness (QED) is 0.328. The fraction of sp³-hybridized carbons (Fsp3) is 0.619. The lowest BCUT2D eigenvalue weighted by molar-refractivity contribution is -0.0912. The smallest absolute Gasteiger partial charge is 0.410 e. The molecule has 2 amide bonds. The molecule has 0 aliphatic carbocycles. The molecule has 0 aromatic heterocycles. The monoisotopic (exact) mass is 778 g/mol. The fourth-order valence-electron chi connectivity index (χ4n) is 8.07. The minimum absolute atomic E-state index is 0.0843. The van der Waals surface area contributed by atoms with Crippen molar-refractivity contribution in [2.24, 2.45) is 0 Å². The molecule has 56 heavy (non-hydrogen) atoms. The zero-order valence-electron chi connectivity index (χ0n) is 34.4. The average Bonchev–Trinajstić information content (AvgIpc) is 3.10. The number of hydrogen-bond acceptors (Lipinski definition) is 10. The highest BCUT2D eigenvalue weighted by Gasteiger charge is 2.39. The molecule has 0 bridgehead atoms. The number of hydrogen-bond donors (Lipinski definition) is 0. The Morgan fingerprint density at radius 1 is 0.661 bits per heavy atom. The maximum absolute atomic E-state index is 14.0. The van der Waals surface area contributed by atoms with E-state index in [0.29, 0.717) is 63.6 Å². The van der Waals surface area contributed by atoms with Gasteiger partial charge in [-0.1, -0.05) is 0 Å². The van der Waals surface area contributed by atoms with Crippen LogP contribution < -0.4 is 0 Å². The number of benzene rings is 2. The molecule has 0 unspecified atom stereocenters. The number of halogens is 2. The van der Waals surface area contributed by atoms with Crippen molar-refractivity contribution in [3.05, 3.63) is 68.3 Å². The number of ether oxygens (including phenoxy) is 4. The largest absolute Gasteiger partial charge is 0.444 e. The third-order valence-corrected chi connectivity index (χ3v) is 10.7. The first kappa shape index (κ1) is 42.8. The molecular weight excluding hydrogens is 722 g/mol. The lowest BCUT2D eigenvalue weighted by Crippen LogP contribution is -2.60. The number of nitrogens with zero attached hydrogens (tertiary/aromatic N) is 6. The summed E-state index contributed by atoms with van der Waals surface area (Å²) in [6, 6.07) is 6.96. The number of carbonyl (C=O) groups excluding carboxylic acids is 2. The Morgan fingerprint density at radius 3 is 1.34 bits per heavy atom. The number of fused-ring (bicyclic) bond motifs is 2. The van der Waals surface area contributed by atoms with Gasteiger partial charge in [0.05, 0.1) is 48.6 Å². The second kappa shape index (κ2) is 17.0. The van der Waals surface area contributed by atoms with E-state index in [1.54, 1.807) is 23.6 Å². The summed E-state index contributed by atoms with van der Waals surface area (Å²) in [4.78, 5) is 32.8. The number of rotatable bonds is 2. The average molecular weight is 779 g/mol. The van der Waals surface area contributed by atoms with Crippen molar-refractivity contribution in [1.82, 2.24) is 19.6 Å². The van der Waals surface area contributed by atoms with Crippen LogP contribution in [0.2, 0.25) is 0 Å². The van der Waals surface area contributed by atoms with Gasteiger partial charge < -0.3 is 28.7 Å². The number of carbonyl (C=O) groups is 2. The minimum Gasteiger partial charge on any atom is -0.444 e. The van der Waals surface area contributed by atoms with Gasteiger partial charge in [-0.3, -0.25) is 9.80 Å². The first-order valence-corrected chi connectivity index (χ1v) is 19.3. The van der Waals surface area contributed by atoms with Gasteiger partial charge in [-0.25, -0.2) is 18.4 Å². The highest BCUT2D eigenvalue weighted by Crippen LogP contribution is 2.35. The normalized spacial score (nSPS) is 23.1. The summed E-state index contributed by atoms with van der Waals surface area (Å²) in [5, 5.41) is 18.5. The molecular formula is C42H56F2N6O6. The zero-order chi connectivity index (χ0) is 41.3. The van der Waals surface area contributed by atoms with Crippen LogP contribution in [0.3, 0.4) is 0 Å². The van der Waals surface area contributed by atoms with E-state index in [-0.39, 0.29) is 47.6 Å². The predicted molar refractivity (Wildman–Crippen MR) is 205 cm³/mol. The number of amides is 2. The van der Waals surface area contributed by atoms with Crippen LogP contribution in [-0.2, 0) is 18.9 Å².